The lowest BCUT2D eigenvalue weighted by Gasteiger charge is -2.29. The lowest BCUT2D eigenvalue weighted by molar-refractivity contribution is 0.0451. The first kappa shape index (κ1) is 13.7. The highest BCUT2D eigenvalue weighted by Gasteiger charge is 2.29. The van der Waals surface area contributed by atoms with E-state index in [1.54, 1.807) is 0 Å². The summed E-state index contributed by atoms with van der Waals surface area (Å²) in [5.41, 5.74) is -0.589. The number of carbonyl (C=O) groups is 1. The molecular weight excluding hydrogens is 228 g/mol. The minimum atomic E-state index is -0.589. The van der Waals surface area contributed by atoms with Crippen LogP contribution in [0, 0.1) is 0 Å². The number of aliphatic hydroxyl groups is 1. The van der Waals surface area contributed by atoms with E-state index in [0.717, 1.165) is 45.3 Å². The predicted octanol–water partition coefficient (Wildman–Crippen LogP) is 2.22. The van der Waals surface area contributed by atoms with Gasteiger partial charge in [0.15, 0.2) is 0 Å². The summed E-state index contributed by atoms with van der Waals surface area (Å²) in [6.45, 7) is 5.19. The summed E-state index contributed by atoms with van der Waals surface area (Å²) in [6.07, 6.45) is 7.18. The molecule has 2 saturated heterocycles. The second-order valence-corrected chi connectivity index (χ2v) is 6.02. The standard InChI is InChI=1S/C14H26N2O2/c1-14(18)7-6-11-16(12-8-14)13(17)15-9-4-2-3-5-10-15/h18H,2-12H2,1H3. The van der Waals surface area contributed by atoms with Crippen LogP contribution < -0.4 is 0 Å². The number of hydrogen-bond acceptors (Lipinski definition) is 2. The lowest BCUT2D eigenvalue weighted by atomic mass is 9.98. The van der Waals surface area contributed by atoms with Crippen molar-refractivity contribution in [3.8, 4) is 0 Å². The molecule has 1 atom stereocenters. The van der Waals surface area contributed by atoms with Gasteiger partial charge in [-0.05, 0) is 39.0 Å². The molecule has 1 unspecified atom stereocenters. The van der Waals surface area contributed by atoms with Gasteiger partial charge < -0.3 is 14.9 Å². The Bertz CT molecular complexity index is 284. The summed E-state index contributed by atoms with van der Waals surface area (Å²) >= 11 is 0. The molecule has 2 aliphatic rings. The van der Waals surface area contributed by atoms with E-state index >= 15 is 0 Å². The first-order chi connectivity index (χ1) is 8.58. The molecule has 18 heavy (non-hydrogen) atoms. The van der Waals surface area contributed by atoms with Crippen LogP contribution in [-0.4, -0.2) is 52.7 Å². The van der Waals surface area contributed by atoms with Crippen LogP contribution in [0.15, 0.2) is 0 Å². The Kier molecular flexibility index (Phi) is 4.49. The minimum Gasteiger partial charge on any atom is -0.390 e. The van der Waals surface area contributed by atoms with Crippen LogP contribution in [0.4, 0.5) is 4.79 Å². The molecule has 0 bridgehead atoms. The monoisotopic (exact) mass is 254 g/mol. The van der Waals surface area contributed by atoms with Gasteiger partial charge in [-0.2, -0.15) is 0 Å². The van der Waals surface area contributed by atoms with Gasteiger partial charge in [-0.3, -0.25) is 0 Å². The van der Waals surface area contributed by atoms with Gasteiger partial charge in [0.05, 0.1) is 5.60 Å². The van der Waals surface area contributed by atoms with Crippen molar-refractivity contribution in [2.75, 3.05) is 26.2 Å². The van der Waals surface area contributed by atoms with E-state index in [1.165, 1.54) is 12.8 Å². The van der Waals surface area contributed by atoms with Gasteiger partial charge in [-0.1, -0.05) is 12.8 Å². The minimum absolute atomic E-state index is 0.189. The SMILES string of the molecule is CC1(O)CCCN(C(=O)N2CCCCCC2)CC1. The number of likely N-dealkylation sites (tertiary alicyclic amines) is 2. The van der Waals surface area contributed by atoms with E-state index in [2.05, 4.69) is 0 Å². The van der Waals surface area contributed by atoms with E-state index in [4.69, 9.17) is 0 Å². The second-order valence-electron chi connectivity index (χ2n) is 6.02. The van der Waals surface area contributed by atoms with E-state index in [9.17, 15) is 9.90 Å². The maximum absolute atomic E-state index is 12.4. The highest BCUT2D eigenvalue weighted by molar-refractivity contribution is 5.74. The fourth-order valence-corrected chi connectivity index (χ4v) is 2.92. The summed E-state index contributed by atoms with van der Waals surface area (Å²) in [7, 11) is 0. The van der Waals surface area contributed by atoms with Crippen LogP contribution in [0.3, 0.4) is 0 Å². The molecule has 0 radical (unpaired) electrons. The average Bonchev–Trinajstić information content (AvgIpc) is 2.68. The average molecular weight is 254 g/mol. The number of rotatable bonds is 0. The van der Waals surface area contributed by atoms with Crippen LogP contribution >= 0.6 is 0 Å². The van der Waals surface area contributed by atoms with Crippen molar-refractivity contribution in [2.45, 2.75) is 57.5 Å². The molecular formula is C14H26N2O2. The summed E-state index contributed by atoms with van der Waals surface area (Å²) in [5.74, 6) is 0. The van der Waals surface area contributed by atoms with Crippen molar-refractivity contribution in [3.63, 3.8) is 0 Å². The summed E-state index contributed by atoms with van der Waals surface area (Å²) < 4.78 is 0. The smallest absolute Gasteiger partial charge is 0.319 e. The first-order valence-electron chi connectivity index (χ1n) is 7.35. The zero-order chi connectivity index (χ0) is 13.0. The zero-order valence-corrected chi connectivity index (χ0v) is 11.5. The van der Waals surface area contributed by atoms with Gasteiger partial charge in [0, 0.05) is 26.2 Å². The molecule has 2 fully saturated rings. The topological polar surface area (TPSA) is 43.8 Å². The third-order valence-electron chi connectivity index (χ3n) is 4.21. The molecule has 2 amide bonds. The fraction of sp³-hybridized carbons (Fsp3) is 0.929. The molecule has 2 aliphatic heterocycles. The van der Waals surface area contributed by atoms with E-state index in [1.807, 2.05) is 16.7 Å². The molecule has 2 rings (SSSR count). The molecule has 0 spiro atoms. The summed E-state index contributed by atoms with van der Waals surface area (Å²) in [4.78, 5) is 16.4. The molecule has 0 saturated carbocycles. The molecule has 0 aliphatic carbocycles. The summed E-state index contributed by atoms with van der Waals surface area (Å²) in [6, 6.07) is 0.189. The highest BCUT2D eigenvalue weighted by atomic mass is 16.3. The Morgan fingerprint density at radius 3 is 2.11 bits per heavy atom. The van der Waals surface area contributed by atoms with Gasteiger partial charge in [0.2, 0.25) is 0 Å². The molecule has 0 aromatic carbocycles. The Labute approximate surface area is 110 Å². The zero-order valence-electron chi connectivity index (χ0n) is 11.5. The molecule has 2 heterocycles. The lowest BCUT2D eigenvalue weighted by Crippen LogP contribution is -2.44. The van der Waals surface area contributed by atoms with Crippen molar-refractivity contribution in [1.29, 1.82) is 0 Å². The van der Waals surface area contributed by atoms with E-state index in [0.29, 0.717) is 13.0 Å². The van der Waals surface area contributed by atoms with Gasteiger partial charge in [-0.15, -0.1) is 0 Å². The fourth-order valence-electron chi connectivity index (χ4n) is 2.92. The van der Waals surface area contributed by atoms with Gasteiger partial charge >= 0.3 is 6.03 Å². The summed E-state index contributed by atoms with van der Waals surface area (Å²) in [5, 5.41) is 10.1. The Balaban J connectivity index is 1.91. The second kappa shape index (κ2) is 5.91. The maximum Gasteiger partial charge on any atom is 0.319 e. The number of amides is 2. The number of nitrogens with zero attached hydrogens (tertiary/aromatic N) is 2. The largest absolute Gasteiger partial charge is 0.390 e. The third kappa shape index (κ3) is 3.61. The van der Waals surface area contributed by atoms with Crippen molar-refractivity contribution < 1.29 is 9.90 Å². The van der Waals surface area contributed by atoms with Crippen LogP contribution in [0.25, 0.3) is 0 Å². The maximum atomic E-state index is 12.4. The van der Waals surface area contributed by atoms with Crippen molar-refractivity contribution in [2.24, 2.45) is 0 Å². The molecule has 0 aromatic rings. The molecule has 1 N–H and O–H groups in total. The van der Waals surface area contributed by atoms with Gasteiger partial charge in [0.25, 0.3) is 0 Å². The Morgan fingerprint density at radius 2 is 1.44 bits per heavy atom. The van der Waals surface area contributed by atoms with E-state index in [-0.39, 0.29) is 6.03 Å². The molecule has 104 valence electrons. The highest BCUT2D eigenvalue weighted by Crippen LogP contribution is 2.22. The number of hydrogen-bond donors (Lipinski definition) is 1. The normalized spacial score (nSPS) is 30.8. The third-order valence-corrected chi connectivity index (χ3v) is 4.21. The van der Waals surface area contributed by atoms with Crippen molar-refractivity contribution >= 4 is 6.03 Å². The number of carbonyl (C=O) groups excluding carboxylic acids is 1. The molecule has 4 heteroatoms. The van der Waals surface area contributed by atoms with Gasteiger partial charge in [-0.25, -0.2) is 4.79 Å². The van der Waals surface area contributed by atoms with E-state index < -0.39 is 5.60 Å². The Hall–Kier alpha value is -0.770. The van der Waals surface area contributed by atoms with Crippen LogP contribution in [0.1, 0.15) is 51.9 Å². The molecule has 4 nitrogen and oxygen atoms in total. The van der Waals surface area contributed by atoms with Gasteiger partial charge in [0.1, 0.15) is 0 Å². The number of urea groups is 1. The van der Waals surface area contributed by atoms with Crippen molar-refractivity contribution in [1.82, 2.24) is 9.80 Å². The van der Waals surface area contributed by atoms with Crippen LogP contribution in [0.2, 0.25) is 0 Å². The van der Waals surface area contributed by atoms with Crippen LogP contribution in [-0.2, 0) is 0 Å². The first-order valence-corrected chi connectivity index (χ1v) is 7.35. The molecule has 0 aromatic heterocycles. The quantitative estimate of drug-likeness (QED) is 0.720. The predicted molar refractivity (Wildman–Crippen MR) is 71.5 cm³/mol. The van der Waals surface area contributed by atoms with Crippen LogP contribution in [0.5, 0.6) is 0 Å². The Morgan fingerprint density at radius 1 is 0.889 bits per heavy atom. The van der Waals surface area contributed by atoms with Crippen molar-refractivity contribution in [3.05, 3.63) is 0 Å².